The minimum Gasteiger partial charge on any atom is -0.481 e. The van der Waals surface area contributed by atoms with Crippen molar-refractivity contribution in [3.63, 3.8) is 0 Å². The molecule has 0 aliphatic carbocycles. The van der Waals surface area contributed by atoms with Gasteiger partial charge in [-0.05, 0) is 26.6 Å². The highest BCUT2D eigenvalue weighted by Crippen LogP contribution is 2.23. The molecule has 1 aromatic rings. The van der Waals surface area contributed by atoms with E-state index < -0.39 is 0 Å². The lowest BCUT2D eigenvalue weighted by Crippen LogP contribution is -2.42. The second kappa shape index (κ2) is 6.71. The molecule has 0 amide bonds. The molecule has 0 saturated carbocycles. The average Bonchev–Trinajstić information content (AvgIpc) is 2.28. The molecule has 0 fully saturated rings. The molecule has 0 aliphatic heterocycles. The molecule has 0 aliphatic rings. The van der Waals surface area contributed by atoms with Crippen molar-refractivity contribution in [2.45, 2.75) is 38.9 Å². The summed E-state index contributed by atoms with van der Waals surface area (Å²) >= 11 is 0. The Balaban J connectivity index is 2.89. The molecule has 1 heterocycles. The van der Waals surface area contributed by atoms with E-state index in [9.17, 15) is 0 Å². The van der Waals surface area contributed by atoms with E-state index in [0.717, 1.165) is 0 Å². The zero-order valence-electron chi connectivity index (χ0n) is 12.3. The van der Waals surface area contributed by atoms with Crippen molar-refractivity contribution in [2.75, 3.05) is 21.2 Å². The van der Waals surface area contributed by atoms with Gasteiger partial charge in [0.2, 0.25) is 5.88 Å². The van der Waals surface area contributed by atoms with Crippen LogP contribution in [0.3, 0.4) is 0 Å². The van der Waals surface area contributed by atoms with Crippen molar-refractivity contribution in [2.24, 2.45) is 0 Å². The number of methoxy groups -OCH3 is 1. The monoisotopic (exact) mass is 251 g/mol. The van der Waals surface area contributed by atoms with E-state index in [1.54, 1.807) is 7.11 Å². The lowest BCUT2D eigenvalue weighted by atomic mass is 10.0. The first kappa shape index (κ1) is 14.9. The second-order valence-electron chi connectivity index (χ2n) is 5.15. The predicted octanol–water partition coefficient (Wildman–Crippen LogP) is 2.08. The molecule has 1 N–H and O–H groups in total. The van der Waals surface area contributed by atoms with Crippen molar-refractivity contribution in [1.82, 2.24) is 15.2 Å². The van der Waals surface area contributed by atoms with Crippen LogP contribution in [0.4, 0.5) is 0 Å². The predicted molar refractivity (Wildman–Crippen MR) is 75.0 cm³/mol. The first-order valence-electron chi connectivity index (χ1n) is 6.38. The van der Waals surface area contributed by atoms with E-state index in [0.29, 0.717) is 24.0 Å². The number of nitrogens with one attached hydrogen (secondary N) is 1. The van der Waals surface area contributed by atoms with Crippen molar-refractivity contribution in [3.8, 4) is 5.88 Å². The van der Waals surface area contributed by atoms with Crippen LogP contribution in [0.15, 0.2) is 18.3 Å². The lowest BCUT2D eigenvalue weighted by Gasteiger charge is -2.32. The molecular formula is C14H25N3O. The SMILES string of the molecule is COc1ccc([C@@H]([C@H](C)NC(C)C)N(C)C)cn1. The highest BCUT2D eigenvalue weighted by Gasteiger charge is 2.22. The van der Waals surface area contributed by atoms with Gasteiger partial charge in [0.05, 0.1) is 13.2 Å². The van der Waals surface area contributed by atoms with Crippen molar-refractivity contribution in [1.29, 1.82) is 0 Å². The minimum absolute atomic E-state index is 0.297. The molecule has 0 saturated heterocycles. The lowest BCUT2D eigenvalue weighted by molar-refractivity contribution is 0.232. The average molecular weight is 251 g/mol. The Bertz CT molecular complexity index is 349. The number of aromatic nitrogens is 1. The maximum Gasteiger partial charge on any atom is 0.212 e. The Labute approximate surface area is 110 Å². The van der Waals surface area contributed by atoms with E-state index in [1.165, 1.54) is 5.56 Å². The molecular weight excluding hydrogens is 226 g/mol. The zero-order chi connectivity index (χ0) is 13.7. The third-order valence-corrected chi connectivity index (χ3v) is 2.94. The summed E-state index contributed by atoms with van der Waals surface area (Å²) in [4.78, 5) is 6.50. The number of likely N-dealkylation sites (N-methyl/N-ethyl adjacent to an activating group) is 1. The number of hydrogen-bond donors (Lipinski definition) is 1. The van der Waals surface area contributed by atoms with E-state index in [4.69, 9.17) is 4.74 Å². The van der Waals surface area contributed by atoms with Gasteiger partial charge in [-0.15, -0.1) is 0 Å². The molecule has 1 rings (SSSR count). The van der Waals surface area contributed by atoms with E-state index in [-0.39, 0.29) is 0 Å². The maximum atomic E-state index is 5.09. The molecule has 18 heavy (non-hydrogen) atoms. The fraction of sp³-hybridized carbons (Fsp3) is 0.643. The second-order valence-corrected chi connectivity index (χ2v) is 5.15. The van der Waals surface area contributed by atoms with Crippen LogP contribution in [0.5, 0.6) is 5.88 Å². The van der Waals surface area contributed by atoms with E-state index in [2.05, 4.69) is 56.1 Å². The summed E-state index contributed by atoms with van der Waals surface area (Å²) in [7, 11) is 5.81. The van der Waals surface area contributed by atoms with Crippen LogP contribution in [0.2, 0.25) is 0 Å². The van der Waals surface area contributed by atoms with Gasteiger partial charge in [0.25, 0.3) is 0 Å². The normalized spacial score (nSPS) is 14.9. The summed E-state index contributed by atoms with van der Waals surface area (Å²) < 4.78 is 5.09. The Kier molecular flexibility index (Phi) is 5.56. The van der Waals surface area contributed by atoms with Gasteiger partial charge in [-0.3, -0.25) is 0 Å². The fourth-order valence-electron chi connectivity index (χ4n) is 2.34. The summed E-state index contributed by atoms with van der Waals surface area (Å²) in [5, 5.41) is 3.55. The molecule has 4 nitrogen and oxygen atoms in total. The standard InChI is InChI=1S/C14H25N3O/c1-10(2)16-11(3)14(17(4)5)12-7-8-13(18-6)15-9-12/h7-11,14,16H,1-6H3/t11-,14+/m0/s1. The van der Waals surface area contributed by atoms with Crippen molar-refractivity contribution < 1.29 is 4.74 Å². The minimum atomic E-state index is 0.297. The highest BCUT2D eigenvalue weighted by molar-refractivity contribution is 5.22. The number of hydrogen-bond acceptors (Lipinski definition) is 4. The first-order chi connectivity index (χ1) is 8.45. The summed E-state index contributed by atoms with van der Waals surface area (Å²) in [6, 6.07) is 5.11. The van der Waals surface area contributed by atoms with Crippen LogP contribution in [-0.2, 0) is 0 Å². The maximum absolute atomic E-state index is 5.09. The first-order valence-corrected chi connectivity index (χ1v) is 6.38. The van der Waals surface area contributed by atoms with Gasteiger partial charge in [-0.2, -0.15) is 0 Å². The molecule has 4 heteroatoms. The molecule has 1 aromatic heterocycles. The van der Waals surface area contributed by atoms with Crippen LogP contribution >= 0.6 is 0 Å². The summed E-state index contributed by atoms with van der Waals surface area (Å²) in [5.74, 6) is 0.653. The van der Waals surface area contributed by atoms with Crippen LogP contribution in [-0.4, -0.2) is 43.2 Å². The van der Waals surface area contributed by atoms with Gasteiger partial charge in [0, 0.05) is 24.3 Å². The van der Waals surface area contributed by atoms with Gasteiger partial charge in [-0.1, -0.05) is 19.9 Å². The van der Waals surface area contributed by atoms with Crippen molar-refractivity contribution in [3.05, 3.63) is 23.9 Å². The van der Waals surface area contributed by atoms with Gasteiger partial charge in [0.1, 0.15) is 0 Å². The van der Waals surface area contributed by atoms with Crippen molar-refractivity contribution >= 4 is 0 Å². The molecule has 102 valence electrons. The molecule has 0 radical (unpaired) electrons. The number of ether oxygens (including phenoxy) is 1. The van der Waals surface area contributed by atoms with Gasteiger partial charge in [0.15, 0.2) is 0 Å². The van der Waals surface area contributed by atoms with Gasteiger partial charge in [-0.25, -0.2) is 4.98 Å². The Morgan fingerprint density at radius 1 is 1.22 bits per heavy atom. The quantitative estimate of drug-likeness (QED) is 0.840. The third kappa shape index (κ3) is 3.96. The molecule has 0 unspecified atom stereocenters. The molecule has 0 bridgehead atoms. The summed E-state index contributed by atoms with van der Waals surface area (Å²) in [6.45, 7) is 6.53. The topological polar surface area (TPSA) is 37.4 Å². The van der Waals surface area contributed by atoms with E-state index in [1.807, 2.05) is 12.3 Å². The largest absolute Gasteiger partial charge is 0.481 e. The zero-order valence-corrected chi connectivity index (χ0v) is 12.3. The van der Waals surface area contributed by atoms with Crippen LogP contribution < -0.4 is 10.1 Å². The van der Waals surface area contributed by atoms with Crippen LogP contribution in [0.1, 0.15) is 32.4 Å². The summed E-state index contributed by atoms with van der Waals surface area (Å²) in [6.07, 6.45) is 1.89. The highest BCUT2D eigenvalue weighted by atomic mass is 16.5. The van der Waals surface area contributed by atoms with Crippen LogP contribution in [0, 0.1) is 0 Å². The summed E-state index contributed by atoms with van der Waals surface area (Å²) in [5.41, 5.74) is 1.20. The van der Waals surface area contributed by atoms with Gasteiger partial charge >= 0.3 is 0 Å². The van der Waals surface area contributed by atoms with Gasteiger partial charge < -0.3 is 15.0 Å². The third-order valence-electron chi connectivity index (χ3n) is 2.94. The number of nitrogens with zero attached hydrogens (tertiary/aromatic N) is 2. The fourth-order valence-corrected chi connectivity index (χ4v) is 2.34. The Morgan fingerprint density at radius 3 is 2.28 bits per heavy atom. The Hall–Kier alpha value is -1.13. The van der Waals surface area contributed by atoms with E-state index >= 15 is 0 Å². The molecule has 0 spiro atoms. The molecule has 0 aromatic carbocycles. The number of rotatable bonds is 6. The molecule has 2 atom stereocenters. The smallest absolute Gasteiger partial charge is 0.212 e. The van der Waals surface area contributed by atoms with Crippen LogP contribution in [0.25, 0.3) is 0 Å². The Morgan fingerprint density at radius 2 is 1.89 bits per heavy atom. The number of pyridine rings is 1.